The first-order valence-corrected chi connectivity index (χ1v) is 10.7. The number of rotatable bonds is 4. The molecule has 33 heavy (non-hydrogen) atoms. The van der Waals surface area contributed by atoms with Gasteiger partial charge >= 0.3 is 6.03 Å². The van der Waals surface area contributed by atoms with Gasteiger partial charge in [0.05, 0.1) is 22.8 Å². The van der Waals surface area contributed by atoms with Crippen LogP contribution in [0, 0.1) is 0 Å². The van der Waals surface area contributed by atoms with Gasteiger partial charge in [-0.1, -0.05) is 29.8 Å². The number of anilines is 1. The lowest BCUT2D eigenvalue weighted by atomic mass is 10.1. The van der Waals surface area contributed by atoms with E-state index >= 15 is 0 Å². The molecule has 0 fully saturated rings. The average molecular weight is 467 g/mol. The largest absolute Gasteiger partial charge is 0.368 e. The molecule has 4 amide bonds. The topological polar surface area (TPSA) is 114 Å². The van der Waals surface area contributed by atoms with Crippen molar-refractivity contribution in [1.82, 2.24) is 20.0 Å². The molecule has 1 aliphatic heterocycles. The fourth-order valence-corrected chi connectivity index (χ4v) is 4.08. The Kier molecular flexibility index (Phi) is 6.32. The van der Waals surface area contributed by atoms with E-state index in [2.05, 4.69) is 10.4 Å². The first-order chi connectivity index (χ1) is 15.8. The summed E-state index contributed by atoms with van der Waals surface area (Å²) < 4.78 is 1.66. The highest BCUT2D eigenvalue weighted by atomic mass is 35.5. The van der Waals surface area contributed by atoms with E-state index < -0.39 is 11.9 Å². The van der Waals surface area contributed by atoms with Crippen molar-refractivity contribution in [3.8, 4) is 5.69 Å². The average Bonchev–Trinajstić information content (AvgIpc) is 3.29. The number of halogens is 1. The van der Waals surface area contributed by atoms with Gasteiger partial charge in [0.1, 0.15) is 0 Å². The molecule has 3 N–H and O–H groups in total. The number of carbonyl (C=O) groups excluding carboxylic acids is 3. The van der Waals surface area contributed by atoms with E-state index in [1.807, 2.05) is 31.2 Å². The highest BCUT2D eigenvalue weighted by Crippen LogP contribution is 2.30. The molecule has 1 aliphatic rings. The molecule has 4 rings (SSSR count). The number of para-hydroxylation sites is 1. The Morgan fingerprint density at radius 3 is 2.67 bits per heavy atom. The molecule has 3 aromatic rings. The zero-order valence-electron chi connectivity index (χ0n) is 17.9. The van der Waals surface area contributed by atoms with Crippen LogP contribution in [0.4, 0.5) is 10.5 Å². The predicted molar refractivity (Wildman–Crippen MR) is 124 cm³/mol. The molecule has 0 aliphatic carbocycles. The van der Waals surface area contributed by atoms with Gasteiger partial charge in [-0.3, -0.25) is 9.59 Å². The predicted octanol–water partition coefficient (Wildman–Crippen LogP) is 2.57. The zero-order chi connectivity index (χ0) is 23.5. The second-order valence-corrected chi connectivity index (χ2v) is 8.17. The van der Waals surface area contributed by atoms with Gasteiger partial charge < -0.3 is 20.9 Å². The van der Waals surface area contributed by atoms with E-state index in [4.69, 9.17) is 17.3 Å². The smallest absolute Gasteiger partial charge is 0.318 e. The molecule has 0 radical (unpaired) electrons. The van der Waals surface area contributed by atoms with Crippen molar-refractivity contribution in [2.45, 2.75) is 19.5 Å². The van der Waals surface area contributed by atoms with Crippen LogP contribution in [0.3, 0.4) is 0 Å². The number of hydrogen-bond acceptors (Lipinski definition) is 4. The Labute approximate surface area is 195 Å². The van der Waals surface area contributed by atoms with E-state index in [1.165, 1.54) is 0 Å². The van der Waals surface area contributed by atoms with E-state index in [0.29, 0.717) is 16.3 Å². The number of amides is 4. The van der Waals surface area contributed by atoms with Gasteiger partial charge in [0.2, 0.25) is 5.91 Å². The minimum atomic E-state index is -0.628. The SMILES string of the molecule is C[C@@H]1CN(C(=O)c2ccc(-n3cccn3)cc2Cl)c2ccccc2CN1C(=O)NCC(N)=O. The van der Waals surface area contributed by atoms with E-state index in [9.17, 15) is 14.4 Å². The van der Waals surface area contributed by atoms with Crippen molar-refractivity contribution in [2.75, 3.05) is 18.0 Å². The molecule has 10 heteroatoms. The number of carbonyl (C=O) groups is 3. The van der Waals surface area contributed by atoms with Gasteiger partial charge in [-0.05, 0) is 42.8 Å². The number of fused-ring (bicyclic) bond motifs is 1. The standard InChI is InChI=1S/C23H23ClN6O3/c1-15-13-29(22(32)18-8-7-17(11-19(18)24)30-10-4-9-27-30)20-6-3-2-5-16(20)14-28(15)23(33)26-12-21(25)31/h2-11,15H,12-14H2,1H3,(H2,25,31)(H,26,33)/t15-/m1/s1. The number of nitrogens with zero attached hydrogens (tertiary/aromatic N) is 4. The van der Waals surface area contributed by atoms with Gasteiger partial charge in [0.15, 0.2) is 0 Å². The number of nitrogens with one attached hydrogen (secondary N) is 1. The summed E-state index contributed by atoms with van der Waals surface area (Å²) in [5.41, 5.74) is 7.74. The van der Waals surface area contributed by atoms with Crippen LogP contribution in [0.2, 0.25) is 5.02 Å². The molecule has 2 heterocycles. The molecule has 2 aromatic carbocycles. The van der Waals surface area contributed by atoms with Crippen molar-refractivity contribution in [1.29, 1.82) is 0 Å². The Hall–Kier alpha value is -3.85. The number of nitrogens with two attached hydrogens (primary N) is 1. The number of benzene rings is 2. The number of urea groups is 1. The van der Waals surface area contributed by atoms with Crippen LogP contribution in [0.15, 0.2) is 60.9 Å². The van der Waals surface area contributed by atoms with Crippen LogP contribution in [0.25, 0.3) is 5.69 Å². The maximum Gasteiger partial charge on any atom is 0.318 e. The zero-order valence-corrected chi connectivity index (χ0v) is 18.7. The molecule has 170 valence electrons. The number of hydrogen-bond donors (Lipinski definition) is 2. The summed E-state index contributed by atoms with van der Waals surface area (Å²) in [5.74, 6) is -0.901. The molecule has 0 bridgehead atoms. The van der Waals surface area contributed by atoms with Gasteiger partial charge in [0, 0.05) is 37.2 Å². The van der Waals surface area contributed by atoms with Crippen LogP contribution in [0.5, 0.6) is 0 Å². The lowest BCUT2D eigenvalue weighted by Gasteiger charge is -2.29. The Morgan fingerprint density at radius 1 is 1.18 bits per heavy atom. The molecule has 1 atom stereocenters. The van der Waals surface area contributed by atoms with Crippen LogP contribution in [-0.2, 0) is 11.3 Å². The molecule has 0 unspecified atom stereocenters. The van der Waals surface area contributed by atoms with Crippen LogP contribution in [-0.4, -0.2) is 51.7 Å². The maximum atomic E-state index is 13.6. The summed E-state index contributed by atoms with van der Waals surface area (Å²) in [6.07, 6.45) is 3.45. The molecule has 0 spiro atoms. The summed E-state index contributed by atoms with van der Waals surface area (Å²) in [7, 11) is 0. The van der Waals surface area contributed by atoms with E-state index in [1.54, 1.807) is 51.1 Å². The van der Waals surface area contributed by atoms with Gasteiger partial charge in [-0.2, -0.15) is 5.10 Å². The third-order valence-electron chi connectivity index (χ3n) is 5.47. The highest BCUT2D eigenvalue weighted by Gasteiger charge is 2.32. The quantitative estimate of drug-likeness (QED) is 0.615. The summed E-state index contributed by atoms with van der Waals surface area (Å²) in [6.45, 7) is 2.11. The van der Waals surface area contributed by atoms with Crippen LogP contribution in [0.1, 0.15) is 22.8 Å². The van der Waals surface area contributed by atoms with Crippen molar-refractivity contribution in [3.63, 3.8) is 0 Å². The third kappa shape index (κ3) is 4.68. The van der Waals surface area contributed by atoms with Gasteiger partial charge in [0.25, 0.3) is 5.91 Å². The number of aromatic nitrogens is 2. The fourth-order valence-electron chi connectivity index (χ4n) is 3.82. The monoisotopic (exact) mass is 466 g/mol. The first kappa shape index (κ1) is 22.3. The Bertz CT molecular complexity index is 1200. The van der Waals surface area contributed by atoms with E-state index in [0.717, 1.165) is 11.3 Å². The summed E-state index contributed by atoms with van der Waals surface area (Å²) in [4.78, 5) is 40.6. The third-order valence-corrected chi connectivity index (χ3v) is 5.79. The molecule has 1 aromatic heterocycles. The minimum absolute atomic E-state index is 0.247. The summed E-state index contributed by atoms with van der Waals surface area (Å²) in [6, 6.07) is 13.6. The first-order valence-electron chi connectivity index (χ1n) is 10.4. The maximum absolute atomic E-state index is 13.6. The lowest BCUT2D eigenvalue weighted by Crippen LogP contribution is -2.49. The molecular formula is C23H23ClN6O3. The molecule has 9 nitrogen and oxygen atoms in total. The number of primary amides is 1. The molecular weight excluding hydrogens is 444 g/mol. The normalized spacial score (nSPS) is 15.5. The lowest BCUT2D eigenvalue weighted by molar-refractivity contribution is -0.117. The fraction of sp³-hybridized carbons (Fsp3) is 0.217. The van der Waals surface area contributed by atoms with Gasteiger partial charge in [-0.15, -0.1) is 0 Å². The Morgan fingerprint density at radius 2 is 1.97 bits per heavy atom. The summed E-state index contributed by atoms with van der Waals surface area (Å²) in [5, 5.41) is 7.01. The second-order valence-electron chi connectivity index (χ2n) is 7.76. The second kappa shape index (κ2) is 9.33. The summed E-state index contributed by atoms with van der Waals surface area (Å²) >= 11 is 6.51. The van der Waals surface area contributed by atoms with E-state index in [-0.39, 0.29) is 31.6 Å². The van der Waals surface area contributed by atoms with Crippen molar-refractivity contribution < 1.29 is 14.4 Å². The van der Waals surface area contributed by atoms with Crippen molar-refractivity contribution >= 4 is 35.1 Å². The Balaban J connectivity index is 1.64. The van der Waals surface area contributed by atoms with Crippen LogP contribution < -0.4 is 16.0 Å². The van der Waals surface area contributed by atoms with Crippen molar-refractivity contribution in [2.24, 2.45) is 5.73 Å². The molecule has 0 saturated heterocycles. The minimum Gasteiger partial charge on any atom is -0.368 e. The van der Waals surface area contributed by atoms with Crippen molar-refractivity contribution in [3.05, 3.63) is 77.1 Å². The molecule has 0 saturated carbocycles. The van der Waals surface area contributed by atoms with Gasteiger partial charge in [-0.25, -0.2) is 9.48 Å². The highest BCUT2D eigenvalue weighted by molar-refractivity contribution is 6.34. The van der Waals surface area contributed by atoms with Crippen LogP contribution >= 0.6 is 11.6 Å².